The summed E-state index contributed by atoms with van der Waals surface area (Å²) in [5.41, 5.74) is 12.3. The van der Waals surface area contributed by atoms with Crippen molar-refractivity contribution in [2.75, 3.05) is 29.2 Å². The number of anilines is 3. The number of nitrogen functional groups attached to an aromatic ring is 1. The maximum absolute atomic E-state index is 6.01. The first-order chi connectivity index (χ1) is 7.66. The number of hydrogen-bond donors (Lipinski definition) is 2. The molecule has 3 rings (SSSR count). The van der Waals surface area contributed by atoms with Crippen LogP contribution in [0.25, 0.3) is 0 Å². The topological polar surface area (TPSA) is 56.9 Å². The fourth-order valence-corrected chi connectivity index (χ4v) is 2.33. The molecule has 2 aliphatic rings. The molecule has 0 fully saturated rings. The molecular formula is C11H15N5. The molecule has 1 aromatic carbocycles. The number of nitrogens with one attached hydrogen (secondary N) is 1. The van der Waals surface area contributed by atoms with Crippen molar-refractivity contribution >= 4 is 22.9 Å². The summed E-state index contributed by atoms with van der Waals surface area (Å²) in [6.45, 7) is 2.83. The van der Waals surface area contributed by atoms with Crippen molar-refractivity contribution in [1.82, 2.24) is 5.43 Å². The van der Waals surface area contributed by atoms with Crippen LogP contribution in [0.2, 0.25) is 0 Å². The summed E-state index contributed by atoms with van der Waals surface area (Å²) in [6, 6.07) is 5.95. The van der Waals surface area contributed by atoms with Crippen molar-refractivity contribution in [3.63, 3.8) is 0 Å². The van der Waals surface area contributed by atoms with Gasteiger partial charge in [0.1, 0.15) is 12.0 Å². The van der Waals surface area contributed by atoms with Gasteiger partial charge in [0, 0.05) is 7.05 Å². The van der Waals surface area contributed by atoms with Gasteiger partial charge in [-0.3, -0.25) is 5.01 Å². The van der Waals surface area contributed by atoms with E-state index in [4.69, 9.17) is 5.73 Å². The first kappa shape index (κ1) is 9.47. The van der Waals surface area contributed by atoms with Crippen LogP contribution in [-0.2, 0) is 0 Å². The van der Waals surface area contributed by atoms with Crippen LogP contribution < -0.4 is 21.1 Å². The SMILES string of the molecule is CC1N=C2CN(C)c3c(N)cccc3N2N1. The summed E-state index contributed by atoms with van der Waals surface area (Å²) in [4.78, 5) is 6.68. The Morgan fingerprint density at radius 2 is 2.31 bits per heavy atom. The van der Waals surface area contributed by atoms with Crippen LogP contribution in [0.15, 0.2) is 23.2 Å². The fraction of sp³-hybridized carbons (Fsp3) is 0.364. The summed E-state index contributed by atoms with van der Waals surface area (Å²) in [6.07, 6.45) is 0.135. The highest BCUT2D eigenvalue weighted by Gasteiger charge is 2.31. The molecule has 16 heavy (non-hydrogen) atoms. The van der Waals surface area contributed by atoms with Crippen LogP contribution in [0.4, 0.5) is 17.1 Å². The van der Waals surface area contributed by atoms with Gasteiger partial charge in [0.05, 0.1) is 23.6 Å². The Labute approximate surface area is 94.5 Å². The minimum Gasteiger partial charge on any atom is -0.397 e. The van der Waals surface area contributed by atoms with Gasteiger partial charge in [-0.2, -0.15) is 0 Å². The largest absolute Gasteiger partial charge is 0.397 e. The van der Waals surface area contributed by atoms with Crippen LogP contribution in [0.5, 0.6) is 0 Å². The lowest BCUT2D eigenvalue weighted by molar-refractivity contribution is 0.631. The average Bonchev–Trinajstić information content (AvgIpc) is 2.58. The van der Waals surface area contributed by atoms with E-state index in [1.807, 2.05) is 31.1 Å². The lowest BCUT2D eigenvalue weighted by atomic mass is 10.1. The summed E-state index contributed by atoms with van der Waals surface area (Å²) >= 11 is 0. The van der Waals surface area contributed by atoms with Gasteiger partial charge in [0.25, 0.3) is 0 Å². The minimum absolute atomic E-state index is 0.135. The molecular weight excluding hydrogens is 202 g/mol. The molecule has 2 heterocycles. The van der Waals surface area contributed by atoms with E-state index in [9.17, 15) is 0 Å². The van der Waals surface area contributed by atoms with Crippen LogP contribution in [0, 0.1) is 0 Å². The zero-order chi connectivity index (χ0) is 11.3. The first-order valence-electron chi connectivity index (χ1n) is 5.39. The highest BCUT2D eigenvalue weighted by Crippen LogP contribution is 2.37. The number of likely N-dealkylation sites (N-methyl/N-ethyl adjacent to an activating group) is 1. The molecule has 5 heteroatoms. The minimum atomic E-state index is 0.135. The summed E-state index contributed by atoms with van der Waals surface area (Å²) in [5, 5.41) is 2.04. The zero-order valence-corrected chi connectivity index (χ0v) is 9.44. The number of rotatable bonds is 0. The number of fused-ring (bicyclic) bond motifs is 3. The molecule has 0 amide bonds. The molecule has 0 spiro atoms. The second-order valence-electron chi connectivity index (χ2n) is 4.26. The van der Waals surface area contributed by atoms with Gasteiger partial charge in [0.15, 0.2) is 0 Å². The Kier molecular flexibility index (Phi) is 1.85. The Hall–Kier alpha value is -1.75. The van der Waals surface area contributed by atoms with E-state index < -0.39 is 0 Å². The number of nitrogens with two attached hydrogens (primary N) is 1. The number of para-hydroxylation sites is 1. The normalized spacial score (nSPS) is 22.9. The van der Waals surface area contributed by atoms with Crippen molar-refractivity contribution in [2.45, 2.75) is 13.1 Å². The van der Waals surface area contributed by atoms with E-state index >= 15 is 0 Å². The Balaban J connectivity index is 2.15. The van der Waals surface area contributed by atoms with Crippen molar-refractivity contribution in [3.8, 4) is 0 Å². The number of hydrogen-bond acceptors (Lipinski definition) is 5. The van der Waals surface area contributed by atoms with E-state index in [1.54, 1.807) is 0 Å². The second kappa shape index (κ2) is 3.12. The predicted molar refractivity (Wildman–Crippen MR) is 66.6 cm³/mol. The number of hydrazine groups is 1. The number of nitrogens with zero attached hydrogens (tertiary/aromatic N) is 3. The molecule has 0 aliphatic carbocycles. The van der Waals surface area contributed by atoms with Gasteiger partial charge >= 0.3 is 0 Å². The molecule has 0 saturated heterocycles. The first-order valence-corrected chi connectivity index (χ1v) is 5.39. The van der Waals surface area contributed by atoms with Crippen LogP contribution in [-0.4, -0.2) is 25.6 Å². The lowest BCUT2D eigenvalue weighted by Gasteiger charge is -2.35. The van der Waals surface area contributed by atoms with Crippen LogP contribution >= 0.6 is 0 Å². The third kappa shape index (κ3) is 1.18. The smallest absolute Gasteiger partial charge is 0.140 e. The van der Waals surface area contributed by atoms with Crippen molar-refractivity contribution in [2.24, 2.45) is 4.99 Å². The summed E-state index contributed by atoms with van der Waals surface area (Å²) in [7, 11) is 2.04. The molecule has 0 bridgehead atoms. The quantitative estimate of drug-likeness (QED) is 0.631. The average molecular weight is 217 g/mol. The van der Waals surface area contributed by atoms with E-state index in [-0.39, 0.29) is 6.17 Å². The molecule has 0 aromatic heterocycles. The Morgan fingerprint density at radius 3 is 3.12 bits per heavy atom. The maximum Gasteiger partial charge on any atom is 0.140 e. The molecule has 3 N–H and O–H groups in total. The third-order valence-electron chi connectivity index (χ3n) is 2.96. The van der Waals surface area contributed by atoms with Gasteiger partial charge in [-0.25, -0.2) is 10.4 Å². The van der Waals surface area contributed by atoms with E-state index in [1.165, 1.54) is 0 Å². The monoisotopic (exact) mass is 217 g/mol. The standard InChI is InChI=1S/C11H15N5/c1-7-13-10-6-15(2)11-8(12)4-3-5-9(11)16(10)14-7/h3-5,7,14H,6,12H2,1-2H3. The van der Waals surface area contributed by atoms with Gasteiger partial charge in [-0.15, -0.1) is 0 Å². The van der Waals surface area contributed by atoms with E-state index in [2.05, 4.69) is 21.4 Å². The Bertz CT molecular complexity index is 467. The van der Waals surface area contributed by atoms with E-state index in [0.29, 0.717) is 0 Å². The Morgan fingerprint density at radius 1 is 1.50 bits per heavy atom. The number of amidine groups is 1. The van der Waals surface area contributed by atoms with Gasteiger partial charge < -0.3 is 10.6 Å². The zero-order valence-electron chi connectivity index (χ0n) is 9.44. The van der Waals surface area contributed by atoms with Crippen molar-refractivity contribution < 1.29 is 0 Å². The molecule has 5 nitrogen and oxygen atoms in total. The summed E-state index contributed by atoms with van der Waals surface area (Å²) in [5.74, 6) is 1.05. The fourth-order valence-electron chi connectivity index (χ4n) is 2.33. The van der Waals surface area contributed by atoms with Crippen molar-refractivity contribution in [1.29, 1.82) is 0 Å². The van der Waals surface area contributed by atoms with Crippen molar-refractivity contribution in [3.05, 3.63) is 18.2 Å². The number of aliphatic imine (C=N–C) groups is 1. The maximum atomic E-state index is 6.01. The highest BCUT2D eigenvalue weighted by atomic mass is 15.6. The van der Waals surface area contributed by atoms with Gasteiger partial charge in [0.2, 0.25) is 0 Å². The number of benzene rings is 1. The van der Waals surface area contributed by atoms with Gasteiger partial charge in [-0.1, -0.05) is 6.07 Å². The summed E-state index contributed by atoms with van der Waals surface area (Å²) < 4.78 is 0. The molecule has 2 aliphatic heterocycles. The lowest BCUT2D eigenvalue weighted by Crippen LogP contribution is -2.48. The second-order valence-corrected chi connectivity index (χ2v) is 4.26. The molecule has 0 radical (unpaired) electrons. The van der Waals surface area contributed by atoms with Crippen LogP contribution in [0.1, 0.15) is 6.92 Å². The third-order valence-corrected chi connectivity index (χ3v) is 2.96. The van der Waals surface area contributed by atoms with E-state index in [0.717, 1.165) is 29.4 Å². The predicted octanol–water partition coefficient (Wildman–Crippen LogP) is 0.788. The van der Waals surface area contributed by atoms with Crippen LogP contribution in [0.3, 0.4) is 0 Å². The highest BCUT2D eigenvalue weighted by molar-refractivity contribution is 6.08. The molecule has 1 aromatic rings. The molecule has 1 unspecified atom stereocenters. The van der Waals surface area contributed by atoms with Gasteiger partial charge in [-0.05, 0) is 19.1 Å². The molecule has 1 atom stereocenters. The molecule has 0 saturated carbocycles. The molecule has 84 valence electrons.